The Morgan fingerprint density at radius 1 is 1.35 bits per heavy atom. The molecule has 2 unspecified atom stereocenters. The van der Waals surface area contributed by atoms with Gasteiger partial charge in [0.1, 0.15) is 12.1 Å². The van der Waals surface area contributed by atoms with Gasteiger partial charge in [-0.25, -0.2) is 4.98 Å². The van der Waals surface area contributed by atoms with Gasteiger partial charge in [0, 0.05) is 24.8 Å². The number of ether oxygens (including phenoxy) is 1. The number of fused-ring (bicyclic) bond motifs is 3. The number of oxazole rings is 1. The zero-order valence-electron chi connectivity index (χ0n) is 14.9. The van der Waals surface area contributed by atoms with Gasteiger partial charge in [0.05, 0.1) is 0 Å². The molecule has 142 valence electrons. The Balaban J connectivity index is 0.00000196. The molecule has 7 heteroatoms. The Hall–Kier alpha value is -1.63. The number of carbonyl (C=O) groups is 1. The fraction of sp³-hybridized carbons (Fsp3) is 0.579. The summed E-state index contributed by atoms with van der Waals surface area (Å²) in [4.78, 5) is 17.1. The second-order valence-electron chi connectivity index (χ2n) is 7.41. The number of aromatic nitrogens is 1. The van der Waals surface area contributed by atoms with Gasteiger partial charge in [-0.05, 0) is 55.7 Å². The number of nitrogens with zero attached hydrogens (tertiary/aromatic N) is 1. The van der Waals surface area contributed by atoms with Gasteiger partial charge in [-0.1, -0.05) is 6.42 Å². The third-order valence-electron chi connectivity index (χ3n) is 5.75. The number of amides is 1. The molecule has 1 aromatic heterocycles. The van der Waals surface area contributed by atoms with Crippen molar-refractivity contribution in [1.82, 2.24) is 4.98 Å². The number of nitrogens with two attached hydrogens (primary N) is 1. The number of benzene rings is 1. The molecule has 6 nitrogen and oxygen atoms in total. The highest BCUT2D eigenvalue weighted by molar-refractivity contribution is 5.94. The first-order valence-corrected chi connectivity index (χ1v) is 9.09. The Kier molecular flexibility index (Phi) is 5.85. The van der Waals surface area contributed by atoms with Crippen molar-refractivity contribution in [2.24, 2.45) is 23.5 Å². The average molecular weight is 380 g/mol. The molecule has 2 aliphatic carbocycles. The molecule has 3 N–H and O–H groups in total. The van der Waals surface area contributed by atoms with Crippen LogP contribution in [0.25, 0.3) is 11.1 Å². The molecule has 2 saturated carbocycles. The first-order chi connectivity index (χ1) is 12.1. The molecule has 26 heavy (non-hydrogen) atoms. The molecule has 1 heterocycles. The van der Waals surface area contributed by atoms with Gasteiger partial charge in [0.25, 0.3) is 0 Å². The molecule has 2 fully saturated rings. The fourth-order valence-corrected chi connectivity index (χ4v) is 4.49. The van der Waals surface area contributed by atoms with E-state index in [2.05, 4.69) is 10.3 Å². The Labute approximate surface area is 159 Å². The summed E-state index contributed by atoms with van der Waals surface area (Å²) < 4.78 is 10.6. The highest BCUT2D eigenvalue weighted by atomic mass is 35.5. The summed E-state index contributed by atoms with van der Waals surface area (Å²) in [6, 6.07) is 5.83. The Bertz CT molecular complexity index is 764. The minimum Gasteiger partial charge on any atom is -0.438 e. The maximum atomic E-state index is 12.7. The van der Waals surface area contributed by atoms with Crippen LogP contribution >= 0.6 is 12.4 Å². The molecule has 2 atom stereocenters. The van der Waals surface area contributed by atoms with Crippen LogP contribution in [-0.4, -0.2) is 24.0 Å². The molecule has 1 amide bonds. The van der Waals surface area contributed by atoms with Crippen LogP contribution in [0.4, 0.5) is 5.69 Å². The van der Waals surface area contributed by atoms with Crippen molar-refractivity contribution in [1.29, 1.82) is 0 Å². The number of carbonyl (C=O) groups excluding carboxylic acids is 1. The third kappa shape index (κ3) is 3.72. The van der Waals surface area contributed by atoms with Gasteiger partial charge >= 0.3 is 0 Å². The number of anilines is 1. The summed E-state index contributed by atoms with van der Waals surface area (Å²) in [5.41, 5.74) is 8.51. The summed E-state index contributed by atoms with van der Waals surface area (Å²) in [5, 5.41) is 3.06. The average Bonchev–Trinajstić information content (AvgIpc) is 2.96. The topological polar surface area (TPSA) is 90.4 Å². The second kappa shape index (κ2) is 7.94. The maximum Gasteiger partial charge on any atom is 0.227 e. The molecule has 1 aromatic carbocycles. The van der Waals surface area contributed by atoms with Crippen molar-refractivity contribution in [2.75, 3.05) is 12.4 Å². The zero-order valence-corrected chi connectivity index (χ0v) is 15.8. The van der Waals surface area contributed by atoms with E-state index >= 15 is 0 Å². The van der Waals surface area contributed by atoms with Crippen LogP contribution in [0.1, 0.15) is 38.0 Å². The number of nitrogens with one attached hydrogen (secondary N) is 1. The maximum absolute atomic E-state index is 12.7. The second-order valence-corrected chi connectivity index (χ2v) is 7.41. The summed E-state index contributed by atoms with van der Waals surface area (Å²) in [5.74, 6) is 1.70. The van der Waals surface area contributed by atoms with E-state index in [1.54, 1.807) is 7.11 Å². The number of hydrogen-bond acceptors (Lipinski definition) is 5. The van der Waals surface area contributed by atoms with E-state index in [-0.39, 0.29) is 30.3 Å². The van der Waals surface area contributed by atoms with Crippen molar-refractivity contribution in [3.05, 3.63) is 24.1 Å². The standard InChI is InChI=1S/C19H25N3O3.ClH/c1-24-10-17-22-15-9-14(5-6-16(15)25-17)21-19(23)13-7-11-3-2-4-12(8-13)18(11)20;/h5-6,9,11-13,18H,2-4,7-8,10,20H2,1H3,(H,21,23);1H. The van der Waals surface area contributed by atoms with Crippen LogP contribution in [0, 0.1) is 17.8 Å². The van der Waals surface area contributed by atoms with Crippen molar-refractivity contribution in [3.8, 4) is 0 Å². The van der Waals surface area contributed by atoms with E-state index < -0.39 is 0 Å². The Morgan fingerprint density at radius 2 is 2.08 bits per heavy atom. The summed E-state index contributed by atoms with van der Waals surface area (Å²) in [6.45, 7) is 0.335. The molecular weight excluding hydrogens is 354 g/mol. The monoisotopic (exact) mass is 379 g/mol. The minimum atomic E-state index is 0. The zero-order chi connectivity index (χ0) is 17.4. The van der Waals surface area contributed by atoms with Gasteiger partial charge in [-0.3, -0.25) is 4.79 Å². The van der Waals surface area contributed by atoms with Crippen molar-refractivity contribution in [2.45, 2.75) is 44.8 Å². The molecule has 2 bridgehead atoms. The minimum absolute atomic E-state index is 0. The van der Waals surface area contributed by atoms with E-state index in [4.69, 9.17) is 14.9 Å². The lowest BCUT2D eigenvalue weighted by molar-refractivity contribution is -0.122. The molecule has 0 radical (unpaired) electrons. The van der Waals surface area contributed by atoms with Crippen LogP contribution in [0.3, 0.4) is 0 Å². The lowest BCUT2D eigenvalue weighted by Gasteiger charge is -2.43. The highest BCUT2D eigenvalue weighted by Gasteiger charge is 2.40. The number of rotatable bonds is 4. The van der Waals surface area contributed by atoms with Crippen molar-refractivity contribution >= 4 is 35.1 Å². The van der Waals surface area contributed by atoms with Gasteiger partial charge in [0.2, 0.25) is 11.8 Å². The molecule has 0 saturated heterocycles. The SMILES string of the molecule is COCc1nc2cc(NC(=O)C3CC4CCCC(C3)C4N)ccc2o1.Cl. The Morgan fingerprint density at radius 3 is 2.77 bits per heavy atom. The summed E-state index contributed by atoms with van der Waals surface area (Å²) in [7, 11) is 1.60. The largest absolute Gasteiger partial charge is 0.438 e. The third-order valence-corrected chi connectivity index (χ3v) is 5.75. The predicted molar refractivity (Wildman–Crippen MR) is 102 cm³/mol. The van der Waals surface area contributed by atoms with Crippen LogP contribution in [0.5, 0.6) is 0 Å². The fourth-order valence-electron chi connectivity index (χ4n) is 4.49. The van der Waals surface area contributed by atoms with E-state index in [0.29, 0.717) is 29.9 Å². The van der Waals surface area contributed by atoms with Gasteiger partial charge in [-0.2, -0.15) is 0 Å². The van der Waals surface area contributed by atoms with E-state index in [1.807, 2.05) is 18.2 Å². The normalized spacial score (nSPS) is 27.8. The number of hydrogen-bond donors (Lipinski definition) is 2. The van der Waals surface area contributed by atoms with Crippen molar-refractivity contribution < 1.29 is 13.9 Å². The molecule has 0 spiro atoms. The molecule has 4 rings (SSSR count). The van der Waals surface area contributed by atoms with E-state index in [1.165, 1.54) is 6.42 Å². The van der Waals surface area contributed by atoms with E-state index in [0.717, 1.165) is 36.9 Å². The van der Waals surface area contributed by atoms with Crippen LogP contribution in [0.15, 0.2) is 22.6 Å². The summed E-state index contributed by atoms with van der Waals surface area (Å²) in [6.07, 6.45) is 5.40. The number of methoxy groups -OCH3 is 1. The first-order valence-electron chi connectivity index (χ1n) is 9.09. The molecular formula is C19H26ClN3O3. The summed E-state index contributed by atoms with van der Waals surface area (Å²) >= 11 is 0. The number of halogens is 1. The van der Waals surface area contributed by atoms with Gasteiger partial charge in [-0.15, -0.1) is 12.4 Å². The van der Waals surface area contributed by atoms with Crippen LogP contribution < -0.4 is 11.1 Å². The van der Waals surface area contributed by atoms with Gasteiger partial charge in [0.15, 0.2) is 5.58 Å². The van der Waals surface area contributed by atoms with Crippen LogP contribution in [0.2, 0.25) is 0 Å². The molecule has 2 aliphatic rings. The first kappa shape index (κ1) is 19.1. The lowest BCUT2D eigenvalue weighted by Crippen LogP contribution is -2.48. The predicted octanol–water partition coefficient (Wildman–Crippen LogP) is 3.49. The van der Waals surface area contributed by atoms with Crippen LogP contribution in [-0.2, 0) is 16.1 Å². The molecule has 2 aromatic rings. The van der Waals surface area contributed by atoms with E-state index in [9.17, 15) is 4.79 Å². The van der Waals surface area contributed by atoms with Gasteiger partial charge < -0.3 is 20.2 Å². The quantitative estimate of drug-likeness (QED) is 0.848. The molecule has 0 aliphatic heterocycles. The van der Waals surface area contributed by atoms with Crippen molar-refractivity contribution in [3.63, 3.8) is 0 Å². The highest BCUT2D eigenvalue weighted by Crippen LogP contribution is 2.42. The lowest BCUT2D eigenvalue weighted by atomic mass is 9.65. The smallest absolute Gasteiger partial charge is 0.227 e.